The lowest BCUT2D eigenvalue weighted by molar-refractivity contribution is 0.0256. The van der Waals surface area contributed by atoms with Crippen LogP contribution in [0.5, 0.6) is 0 Å². The van der Waals surface area contributed by atoms with E-state index in [0.29, 0.717) is 12.1 Å². The van der Waals surface area contributed by atoms with Crippen molar-refractivity contribution in [3.05, 3.63) is 29.8 Å². The molecule has 3 heteroatoms. The average molecular weight is 274 g/mol. The molecular weight excluding hydrogens is 248 g/mol. The van der Waals surface area contributed by atoms with Crippen molar-refractivity contribution >= 4 is 5.69 Å². The maximum absolute atomic E-state index is 6.17. The van der Waals surface area contributed by atoms with Crippen LogP contribution in [0.1, 0.15) is 38.2 Å². The highest BCUT2D eigenvalue weighted by molar-refractivity contribution is 5.55. The Hall–Kier alpha value is -1.06. The molecule has 1 saturated heterocycles. The third-order valence-electron chi connectivity index (χ3n) is 4.79. The molecule has 0 bridgehead atoms. The van der Waals surface area contributed by atoms with E-state index in [4.69, 9.17) is 10.5 Å². The van der Waals surface area contributed by atoms with Crippen molar-refractivity contribution in [2.24, 2.45) is 5.73 Å². The summed E-state index contributed by atoms with van der Waals surface area (Å²) in [4.78, 5) is 2.58. The minimum Gasteiger partial charge on any atom is -0.374 e. The summed E-state index contributed by atoms with van der Waals surface area (Å²) in [6.07, 6.45) is 6.22. The Labute approximate surface area is 122 Å². The number of benzene rings is 1. The molecule has 1 aliphatic heterocycles. The summed E-state index contributed by atoms with van der Waals surface area (Å²) in [6.45, 7) is 4.03. The van der Waals surface area contributed by atoms with Gasteiger partial charge in [-0.3, -0.25) is 0 Å². The van der Waals surface area contributed by atoms with Crippen molar-refractivity contribution in [2.75, 3.05) is 18.1 Å². The summed E-state index contributed by atoms with van der Waals surface area (Å²) in [5, 5.41) is 0. The summed E-state index contributed by atoms with van der Waals surface area (Å²) in [5.74, 6) is 0. The number of para-hydroxylation sites is 1. The van der Waals surface area contributed by atoms with Gasteiger partial charge in [0, 0.05) is 18.3 Å². The second-order valence-corrected chi connectivity index (χ2v) is 6.10. The summed E-state index contributed by atoms with van der Waals surface area (Å²) >= 11 is 0. The molecule has 3 atom stereocenters. The van der Waals surface area contributed by atoms with Crippen molar-refractivity contribution < 1.29 is 4.74 Å². The van der Waals surface area contributed by atoms with Crippen molar-refractivity contribution in [1.82, 2.24) is 0 Å². The van der Waals surface area contributed by atoms with Gasteiger partial charge in [-0.05, 0) is 43.7 Å². The van der Waals surface area contributed by atoms with Crippen molar-refractivity contribution in [3.63, 3.8) is 0 Å². The first-order valence-electron chi connectivity index (χ1n) is 8.01. The number of hydrogen-bond acceptors (Lipinski definition) is 3. The van der Waals surface area contributed by atoms with Gasteiger partial charge in [-0.15, -0.1) is 0 Å². The molecule has 110 valence electrons. The largest absolute Gasteiger partial charge is 0.374 e. The van der Waals surface area contributed by atoms with E-state index in [1.54, 1.807) is 0 Å². The number of fused-ring (bicyclic) bond motifs is 1. The van der Waals surface area contributed by atoms with Gasteiger partial charge in [0.05, 0.1) is 18.8 Å². The molecule has 1 saturated carbocycles. The number of hydrogen-bond donors (Lipinski definition) is 1. The molecular formula is C17H26N2O. The van der Waals surface area contributed by atoms with Crippen LogP contribution in [-0.2, 0) is 11.2 Å². The number of ether oxygens (including phenoxy) is 1. The molecule has 1 aromatic carbocycles. The second kappa shape index (κ2) is 6.15. The van der Waals surface area contributed by atoms with Gasteiger partial charge in [-0.25, -0.2) is 0 Å². The van der Waals surface area contributed by atoms with Gasteiger partial charge in [0.2, 0.25) is 0 Å². The zero-order chi connectivity index (χ0) is 13.9. The standard InChI is InChI=1S/C17H26N2O/c1-2-14(18)12-13-6-3-4-7-15(13)19-10-11-20-17-9-5-8-16(17)19/h3-4,6-7,14,16-17H,2,5,8-12,18H2,1H3. The van der Waals surface area contributed by atoms with Gasteiger partial charge < -0.3 is 15.4 Å². The lowest BCUT2D eigenvalue weighted by Crippen LogP contribution is -2.49. The molecule has 1 heterocycles. The van der Waals surface area contributed by atoms with Crippen LogP contribution < -0.4 is 10.6 Å². The third-order valence-corrected chi connectivity index (χ3v) is 4.79. The highest BCUT2D eigenvalue weighted by atomic mass is 16.5. The topological polar surface area (TPSA) is 38.5 Å². The molecule has 0 aromatic heterocycles. The van der Waals surface area contributed by atoms with E-state index >= 15 is 0 Å². The predicted octanol–water partition coefficient (Wildman–Crippen LogP) is 2.72. The molecule has 3 nitrogen and oxygen atoms in total. The maximum atomic E-state index is 6.17. The van der Waals surface area contributed by atoms with E-state index in [2.05, 4.69) is 36.1 Å². The minimum absolute atomic E-state index is 0.261. The van der Waals surface area contributed by atoms with E-state index < -0.39 is 0 Å². The van der Waals surface area contributed by atoms with E-state index in [-0.39, 0.29) is 6.04 Å². The molecule has 2 N–H and O–H groups in total. The Balaban J connectivity index is 1.85. The molecule has 2 fully saturated rings. The molecule has 0 amide bonds. The van der Waals surface area contributed by atoms with Crippen LogP contribution in [0.25, 0.3) is 0 Å². The zero-order valence-corrected chi connectivity index (χ0v) is 12.4. The van der Waals surface area contributed by atoms with Gasteiger partial charge >= 0.3 is 0 Å². The summed E-state index contributed by atoms with van der Waals surface area (Å²) in [7, 11) is 0. The number of anilines is 1. The number of nitrogens with two attached hydrogens (primary N) is 1. The lowest BCUT2D eigenvalue weighted by atomic mass is 10.00. The van der Waals surface area contributed by atoms with Gasteiger partial charge in [0.15, 0.2) is 0 Å². The van der Waals surface area contributed by atoms with Crippen LogP contribution in [0.3, 0.4) is 0 Å². The van der Waals surface area contributed by atoms with Crippen LogP contribution >= 0.6 is 0 Å². The Kier molecular flexibility index (Phi) is 4.27. The SMILES string of the molecule is CCC(N)Cc1ccccc1N1CCOC2CCCC21. The Morgan fingerprint density at radius 1 is 1.35 bits per heavy atom. The average Bonchev–Trinajstić information content (AvgIpc) is 2.96. The van der Waals surface area contributed by atoms with E-state index in [9.17, 15) is 0 Å². The molecule has 20 heavy (non-hydrogen) atoms. The predicted molar refractivity (Wildman–Crippen MR) is 83.1 cm³/mol. The van der Waals surface area contributed by atoms with Gasteiger partial charge in [-0.2, -0.15) is 0 Å². The molecule has 0 spiro atoms. The maximum Gasteiger partial charge on any atom is 0.0779 e. The first-order valence-corrected chi connectivity index (χ1v) is 8.01. The van der Waals surface area contributed by atoms with Crippen LogP contribution in [0.15, 0.2) is 24.3 Å². The van der Waals surface area contributed by atoms with Crippen LogP contribution in [0.2, 0.25) is 0 Å². The Bertz CT molecular complexity index is 448. The monoisotopic (exact) mass is 274 g/mol. The van der Waals surface area contributed by atoms with E-state index in [0.717, 1.165) is 26.0 Å². The van der Waals surface area contributed by atoms with Gasteiger partial charge in [-0.1, -0.05) is 25.1 Å². The molecule has 0 radical (unpaired) electrons. The number of nitrogens with zero attached hydrogens (tertiary/aromatic N) is 1. The fourth-order valence-corrected chi connectivity index (χ4v) is 3.62. The zero-order valence-electron chi connectivity index (χ0n) is 12.4. The highest BCUT2D eigenvalue weighted by Crippen LogP contribution is 2.34. The number of morpholine rings is 1. The van der Waals surface area contributed by atoms with Crippen molar-refractivity contribution in [2.45, 2.75) is 57.2 Å². The van der Waals surface area contributed by atoms with Crippen LogP contribution in [0, 0.1) is 0 Å². The molecule has 1 aromatic rings. The summed E-state index contributed by atoms with van der Waals surface area (Å²) in [6, 6.07) is 9.62. The van der Waals surface area contributed by atoms with Crippen molar-refractivity contribution in [1.29, 1.82) is 0 Å². The molecule has 3 rings (SSSR count). The van der Waals surface area contributed by atoms with E-state index in [1.807, 2.05) is 0 Å². The minimum atomic E-state index is 0.261. The van der Waals surface area contributed by atoms with Gasteiger partial charge in [0.1, 0.15) is 0 Å². The Morgan fingerprint density at radius 3 is 3.05 bits per heavy atom. The normalized spacial score (nSPS) is 27.4. The first kappa shape index (κ1) is 13.9. The summed E-state index contributed by atoms with van der Waals surface area (Å²) in [5.41, 5.74) is 8.95. The third kappa shape index (κ3) is 2.70. The van der Waals surface area contributed by atoms with Crippen LogP contribution in [-0.4, -0.2) is 31.3 Å². The molecule has 1 aliphatic carbocycles. The van der Waals surface area contributed by atoms with Crippen molar-refractivity contribution in [3.8, 4) is 0 Å². The first-order chi connectivity index (χ1) is 9.79. The molecule has 3 unspecified atom stereocenters. The van der Waals surface area contributed by atoms with Gasteiger partial charge in [0.25, 0.3) is 0 Å². The smallest absolute Gasteiger partial charge is 0.0779 e. The lowest BCUT2D eigenvalue weighted by Gasteiger charge is -2.40. The second-order valence-electron chi connectivity index (χ2n) is 6.10. The summed E-state index contributed by atoms with van der Waals surface area (Å²) < 4.78 is 5.93. The molecule has 2 aliphatic rings. The quantitative estimate of drug-likeness (QED) is 0.917. The van der Waals surface area contributed by atoms with Crippen LogP contribution in [0.4, 0.5) is 5.69 Å². The highest BCUT2D eigenvalue weighted by Gasteiger charge is 2.36. The fourth-order valence-electron chi connectivity index (χ4n) is 3.62. The van der Waals surface area contributed by atoms with E-state index in [1.165, 1.54) is 30.5 Å². The number of rotatable bonds is 4. The fraction of sp³-hybridized carbons (Fsp3) is 0.647. The Morgan fingerprint density at radius 2 is 2.20 bits per heavy atom.